The summed E-state index contributed by atoms with van der Waals surface area (Å²) in [4.78, 5) is 4.73. The standard InChI is InChI=1S/C39H39BN2O2/c1-37(2)33-22-13-14-23-35(33)42(31-21-15-16-28(26-31)40-43-38(3,4)39(5,6)44-40)36-27-32(24-25-34(36)37)41(29-17-9-7-10-18-29)30-19-11-8-12-20-30/h7-27H,1-6H3. The van der Waals surface area contributed by atoms with Crippen LogP contribution in [0.1, 0.15) is 52.7 Å². The fourth-order valence-electron chi connectivity index (χ4n) is 6.51. The van der Waals surface area contributed by atoms with Crippen LogP contribution in [0.5, 0.6) is 0 Å². The maximum atomic E-state index is 6.47. The van der Waals surface area contributed by atoms with Crippen molar-refractivity contribution in [2.45, 2.75) is 58.2 Å². The monoisotopic (exact) mass is 578 g/mol. The SMILES string of the molecule is CC1(C)c2ccccc2N(c2cccc(B3OC(C)(C)C(C)(C)O3)c2)c2cc(N(c3ccccc3)c3ccccc3)ccc21. The molecule has 1 fully saturated rings. The van der Waals surface area contributed by atoms with Crippen molar-refractivity contribution >= 4 is 46.7 Å². The van der Waals surface area contributed by atoms with Gasteiger partial charge in [-0.2, -0.15) is 0 Å². The molecule has 0 atom stereocenters. The van der Waals surface area contributed by atoms with E-state index in [1.807, 2.05) is 0 Å². The van der Waals surface area contributed by atoms with Crippen molar-refractivity contribution in [3.05, 3.63) is 139 Å². The third kappa shape index (κ3) is 4.63. The van der Waals surface area contributed by atoms with E-state index in [1.165, 1.54) is 16.8 Å². The molecule has 220 valence electrons. The minimum Gasteiger partial charge on any atom is -0.399 e. The quantitative estimate of drug-likeness (QED) is 0.194. The first kappa shape index (κ1) is 28.5. The van der Waals surface area contributed by atoms with E-state index in [1.54, 1.807) is 0 Å². The molecule has 44 heavy (non-hydrogen) atoms. The molecule has 2 heterocycles. The van der Waals surface area contributed by atoms with Crippen LogP contribution in [0, 0.1) is 0 Å². The molecule has 7 rings (SSSR count). The summed E-state index contributed by atoms with van der Waals surface area (Å²) in [6.45, 7) is 13.1. The van der Waals surface area contributed by atoms with Gasteiger partial charge in [-0.05, 0) is 98.9 Å². The normalized spacial score (nSPS) is 17.6. The number of hydrogen-bond donors (Lipinski definition) is 0. The van der Waals surface area contributed by atoms with Gasteiger partial charge in [-0.25, -0.2) is 0 Å². The largest absolute Gasteiger partial charge is 0.494 e. The van der Waals surface area contributed by atoms with Gasteiger partial charge >= 0.3 is 7.12 Å². The molecule has 0 saturated carbocycles. The molecule has 5 heteroatoms. The number of fused-ring (bicyclic) bond motifs is 2. The summed E-state index contributed by atoms with van der Waals surface area (Å²) in [6.07, 6.45) is 0. The van der Waals surface area contributed by atoms with Gasteiger partial charge in [-0.15, -0.1) is 0 Å². The molecular weight excluding hydrogens is 539 g/mol. The first-order chi connectivity index (χ1) is 21.1. The fraction of sp³-hybridized carbons (Fsp3) is 0.231. The number of hydrogen-bond acceptors (Lipinski definition) is 4. The van der Waals surface area contributed by atoms with E-state index in [4.69, 9.17) is 9.31 Å². The summed E-state index contributed by atoms with van der Waals surface area (Å²) < 4.78 is 12.9. The highest BCUT2D eigenvalue weighted by molar-refractivity contribution is 6.62. The number of anilines is 6. The van der Waals surface area contributed by atoms with Gasteiger partial charge in [-0.3, -0.25) is 0 Å². The van der Waals surface area contributed by atoms with E-state index in [-0.39, 0.29) is 5.41 Å². The van der Waals surface area contributed by atoms with E-state index in [0.717, 1.165) is 33.9 Å². The van der Waals surface area contributed by atoms with Gasteiger partial charge < -0.3 is 19.1 Å². The second-order valence-corrected chi connectivity index (χ2v) is 13.4. The van der Waals surface area contributed by atoms with Gasteiger partial charge in [0.05, 0.1) is 22.6 Å². The maximum Gasteiger partial charge on any atom is 0.494 e. The maximum absolute atomic E-state index is 6.47. The van der Waals surface area contributed by atoms with E-state index in [2.05, 4.69) is 179 Å². The molecule has 0 bridgehead atoms. The summed E-state index contributed by atoms with van der Waals surface area (Å²) in [6, 6.07) is 45.5. The van der Waals surface area contributed by atoms with Crippen LogP contribution in [0.25, 0.3) is 0 Å². The zero-order valence-electron chi connectivity index (χ0n) is 26.4. The summed E-state index contributed by atoms with van der Waals surface area (Å²) in [7, 11) is -0.436. The molecule has 5 aromatic rings. The molecule has 0 amide bonds. The lowest BCUT2D eigenvalue weighted by Gasteiger charge is -2.42. The Morgan fingerprint density at radius 1 is 0.523 bits per heavy atom. The Morgan fingerprint density at radius 3 is 1.73 bits per heavy atom. The lowest BCUT2D eigenvalue weighted by Crippen LogP contribution is -2.41. The Bertz CT molecular complexity index is 1760. The Kier molecular flexibility index (Phi) is 6.73. The molecule has 2 aliphatic heterocycles. The molecule has 0 aliphatic carbocycles. The van der Waals surface area contributed by atoms with E-state index >= 15 is 0 Å². The Balaban J connectivity index is 1.41. The molecule has 0 spiro atoms. The number of para-hydroxylation sites is 3. The molecular formula is C39H39BN2O2. The zero-order valence-corrected chi connectivity index (χ0v) is 26.4. The molecule has 5 aromatic carbocycles. The number of benzene rings is 5. The Morgan fingerprint density at radius 2 is 1.09 bits per heavy atom. The highest BCUT2D eigenvalue weighted by Gasteiger charge is 2.52. The van der Waals surface area contributed by atoms with Crippen LogP contribution >= 0.6 is 0 Å². The molecule has 0 unspecified atom stereocenters. The summed E-state index contributed by atoms with van der Waals surface area (Å²) in [5.41, 5.74) is 9.33. The Hall–Kier alpha value is -4.32. The van der Waals surface area contributed by atoms with Crippen LogP contribution in [0.2, 0.25) is 0 Å². The lowest BCUT2D eigenvalue weighted by atomic mass is 9.73. The predicted molar refractivity (Wildman–Crippen MR) is 184 cm³/mol. The summed E-state index contributed by atoms with van der Waals surface area (Å²) >= 11 is 0. The third-order valence-electron chi connectivity index (χ3n) is 9.65. The van der Waals surface area contributed by atoms with E-state index in [0.29, 0.717) is 0 Å². The first-order valence-corrected chi connectivity index (χ1v) is 15.5. The van der Waals surface area contributed by atoms with Crippen LogP contribution in [-0.4, -0.2) is 18.3 Å². The third-order valence-corrected chi connectivity index (χ3v) is 9.65. The Labute approximate surface area is 262 Å². The van der Waals surface area contributed by atoms with Crippen molar-refractivity contribution in [2.75, 3.05) is 9.80 Å². The van der Waals surface area contributed by atoms with Crippen molar-refractivity contribution < 1.29 is 9.31 Å². The molecule has 0 N–H and O–H groups in total. The van der Waals surface area contributed by atoms with Gasteiger partial charge in [0.2, 0.25) is 0 Å². The molecule has 0 radical (unpaired) electrons. The van der Waals surface area contributed by atoms with Crippen molar-refractivity contribution in [3.8, 4) is 0 Å². The minimum atomic E-state index is -0.436. The highest BCUT2D eigenvalue weighted by atomic mass is 16.7. The van der Waals surface area contributed by atoms with Gasteiger partial charge in [0.25, 0.3) is 0 Å². The second-order valence-electron chi connectivity index (χ2n) is 13.4. The first-order valence-electron chi connectivity index (χ1n) is 15.5. The summed E-state index contributed by atoms with van der Waals surface area (Å²) in [5.74, 6) is 0. The van der Waals surface area contributed by atoms with Crippen molar-refractivity contribution in [3.63, 3.8) is 0 Å². The van der Waals surface area contributed by atoms with Gasteiger partial charge in [0.15, 0.2) is 0 Å². The molecule has 2 aliphatic rings. The molecule has 0 aromatic heterocycles. The molecule has 1 saturated heterocycles. The number of rotatable bonds is 5. The average Bonchev–Trinajstić information content (AvgIpc) is 3.25. The van der Waals surface area contributed by atoms with Gasteiger partial charge in [-0.1, -0.05) is 86.6 Å². The second kappa shape index (κ2) is 10.4. The molecule has 4 nitrogen and oxygen atoms in total. The van der Waals surface area contributed by atoms with Gasteiger partial charge in [0, 0.05) is 28.2 Å². The average molecular weight is 579 g/mol. The van der Waals surface area contributed by atoms with Crippen LogP contribution in [-0.2, 0) is 14.7 Å². The number of nitrogens with zero attached hydrogens (tertiary/aromatic N) is 2. The van der Waals surface area contributed by atoms with Crippen LogP contribution in [0.15, 0.2) is 127 Å². The van der Waals surface area contributed by atoms with E-state index in [9.17, 15) is 0 Å². The minimum absolute atomic E-state index is 0.186. The van der Waals surface area contributed by atoms with Crippen LogP contribution in [0.4, 0.5) is 34.1 Å². The summed E-state index contributed by atoms with van der Waals surface area (Å²) in [5, 5.41) is 0. The smallest absolute Gasteiger partial charge is 0.399 e. The van der Waals surface area contributed by atoms with Crippen molar-refractivity contribution in [2.24, 2.45) is 0 Å². The van der Waals surface area contributed by atoms with Crippen LogP contribution < -0.4 is 15.3 Å². The topological polar surface area (TPSA) is 24.9 Å². The van der Waals surface area contributed by atoms with E-state index < -0.39 is 18.3 Å². The lowest BCUT2D eigenvalue weighted by molar-refractivity contribution is 0.00578. The zero-order chi connectivity index (χ0) is 30.7. The van der Waals surface area contributed by atoms with Crippen molar-refractivity contribution in [1.29, 1.82) is 0 Å². The fourth-order valence-corrected chi connectivity index (χ4v) is 6.51. The van der Waals surface area contributed by atoms with Gasteiger partial charge in [0.1, 0.15) is 0 Å². The highest BCUT2D eigenvalue weighted by Crippen LogP contribution is 2.53. The van der Waals surface area contributed by atoms with Crippen molar-refractivity contribution in [1.82, 2.24) is 0 Å². The van der Waals surface area contributed by atoms with Crippen LogP contribution in [0.3, 0.4) is 0 Å². The predicted octanol–water partition coefficient (Wildman–Crippen LogP) is 9.56.